The van der Waals surface area contributed by atoms with E-state index in [0.29, 0.717) is 18.9 Å². The van der Waals surface area contributed by atoms with Gasteiger partial charge in [0.2, 0.25) is 0 Å². The highest BCUT2D eigenvalue weighted by Gasteiger charge is 2.11. The first kappa shape index (κ1) is 20.4. The van der Waals surface area contributed by atoms with Crippen LogP contribution in [0.2, 0.25) is 0 Å². The second kappa shape index (κ2) is 9.21. The lowest BCUT2D eigenvalue weighted by atomic mass is 10.1. The highest BCUT2D eigenvalue weighted by atomic mass is 35.5. The molecule has 0 fully saturated rings. The van der Waals surface area contributed by atoms with Crippen LogP contribution < -0.4 is 20.5 Å². The van der Waals surface area contributed by atoms with Crippen LogP contribution in [0, 0.1) is 0 Å². The molecule has 0 amide bonds. The molecule has 7 heteroatoms. The second-order valence-corrected chi connectivity index (χ2v) is 6.42. The molecule has 3 N–H and O–H groups in total. The summed E-state index contributed by atoms with van der Waals surface area (Å²) < 4.78 is 11.6. The maximum atomic E-state index is 11.4. The van der Waals surface area contributed by atoms with Crippen molar-refractivity contribution in [1.82, 2.24) is 9.97 Å². The minimum absolute atomic E-state index is 0. The van der Waals surface area contributed by atoms with E-state index >= 15 is 0 Å². The van der Waals surface area contributed by atoms with Crippen LogP contribution in [0.4, 0.5) is 5.69 Å². The number of hydrogen-bond donors (Lipinski definition) is 3. The Morgan fingerprint density at radius 1 is 0.931 bits per heavy atom. The minimum atomic E-state index is -0.212. The number of nitrogens with one attached hydrogen (secondary N) is 3. The number of methoxy groups -OCH3 is 1. The number of benzene rings is 3. The Hall–Kier alpha value is -3.38. The number of H-pyrrole nitrogens is 2. The lowest BCUT2D eigenvalue weighted by Crippen LogP contribution is -2.05. The maximum absolute atomic E-state index is 11.4. The molecule has 0 aliphatic rings. The van der Waals surface area contributed by atoms with Crippen LogP contribution in [0.5, 0.6) is 11.5 Å². The number of imidazole rings is 1. The summed E-state index contributed by atoms with van der Waals surface area (Å²) in [5.74, 6) is 1.41. The van der Waals surface area contributed by atoms with E-state index in [-0.39, 0.29) is 18.1 Å². The molecule has 0 aliphatic heterocycles. The predicted molar refractivity (Wildman–Crippen MR) is 117 cm³/mol. The average molecular weight is 412 g/mol. The second-order valence-electron chi connectivity index (χ2n) is 6.42. The summed E-state index contributed by atoms with van der Waals surface area (Å²) in [6.07, 6.45) is 0. The fourth-order valence-electron chi connectivity index (χ4n) is 3.09. The van der Waals surface area contributed by atoms with E-state index in [0.717, 1.165) is 33.6 Å². The third-order valence-corrected chi connectivity index (χ3v) is 4.51. The molecule has 0 atom stereocenters. The number of hydrogen-bond acceptors (Lipinski definition) is 4. The number of ether oxygens (including phenoxy) is 2. The van der Waals surface area contributed by atoms with Crippen molar-refractivity contribution in [3.8, 4) is 11.5 Å². The van der Waals surface area contributed by atoms with E-state index in [1.54, 1.807) is 7.11 Å². The van der Waals surface area contributed by atoms with Crippen molar-refractivity contribution in [2.45, 2.75) is 13.2 Å². The van der Waals surface area contributed by atoms with Crippen molar-refractivity contribution in [2.75, 3.05) is 12.4 Å². The van der Waals surface area contributed by atoms with Gasteiger partial charge in [0, 0.05) is 17.8 Å². The quantitative estimate of drug-likeness (QED) is 0.419. The van der Waals surface area contributed by atoms with E-state index in [1.165, 1.54) is 0 Å². The summed E-state index contributed by atoms with van der Waals surface area (Å²) in [6.45, 7) is 1.02. The van der Waals surface area contributed by atoms with Gasteiger partial charge < -0.3 is 24.8 Å². The van der Waals surface area contributed by atoms with E-state index in [1.807, 2.05) is 66.7 Å². The largest absolute Gasteiger partial charge is 0.493 e. The third-order valence-electron chi connectivity index (χ3n) is 4.51. The Bertz CT molecular complexity index is 1140. The summed E-state index contributed by atoms with van der Waals surface area (Å²) in [7, 11) is 1.64. The molecule has 0 unspecified atom stereocenters. The SMILES string of the molecule is COc1cccc(CNc2ccc3[nH]c(=O)[nH]c3c2)c1OCc1ccccc1.Cl. The van der Waals surface area contributed by atoms with E-state index in [9.17, 15) is 4.79 Å². The zero-order valence-electron chi connectivity index (χ0n) is 15.9. The number of rotatable bonds is 7. The van der Waals surface area contributed by atoms with E-state index in [4.69, 9.17) is 9.47 Å². The van der Waals surface area contributed by atoms with Gasteiger partial charge in [-0.05, 0) is 29.8 Å². The Balaban J connectivity index is 0.00000240. The van der Waals surface area contributed by atoms with Gasteiger partial charge in [0.1, 0.15) is 6.61 Å². The number of anilines is 1. The highest BCUT2D eigenvalue weighted by Crippen LogP contribution is 2.32. The number of aromatic nitrogens is 2. The number of halogens is 1. The molecule has 0 bridgehead atoms. The lowest BCUT2D eigenvalue weighted by Gasteiger charge is -2.16. The van der Waals surface area contributed by atoms with Gasteiger partial charge >= 0.3 is 5.69 Å². The molecular weight excluding hydrogens is 390 g/mol. The van der Waals surface area contributed by atoms with Crippen molar-refractivity contribution in [3.63, 3.8) is 0 Å². The van der Waals surface area contributed by atoms with Crippen LogP contribution in [-0.2, 0) is 13.2 Å². The minimum Gasteiger partial charge on any atom is -0.493 e. The molecule has 0 radical (unpaired) electrons. The van der Waals surface area contributed by atoms with Gasteiger partial charge in [-0.25, -0.2) is 4.79 Å². The standard InChI is InChI=1S/C22H21N3O3.ClH/c1-27-20-9-5-8-16(21(20)28-14-15-6-3-2-4-7-15)13-23-17-10-11-18-19(12-17)25-22(26)24-18;/h2-12,23H,13-14H2,1H3,(H2,24,25,26);1H. The first-order chi connectivity index (χ1) is 13.7. The molecule has 3 aromatic carbocycles. The summed E-state index contributed by atoms with van der Waals surface area (Å²) in [5.41, 5.74) is 4.31. The lowest BCUT2D eigenvalue weighted by molar-refractivity contribution is 0.281. The molecule has 4 aromatic rings. The first-order valence-corrected chi connectivity index (χ1v) is 9.01. The van der Waals surface area contributed by atoms with Crippen LogP contribution in [0.25, 0.3) is 11.0 Å². The van der Waals surface area contributed by atoms with Crippen LogP contribution in [-0.4, -0.2) is 17.1 Å². The van der Waals surface area contributed by atoms with Gasteiger partial charge in [-0.2, -0.15) is 0 Å². The first-order valence-electron chi connectivity index (χ1n) is 9.01. The normalized spacial score (nSPS) is 10.4. The monoisotopic (exact) mass is 411 g/mol. The van der Waals surface area contributed by atoms with Gasteiger partial charge in [0.05, 0.1) is 18.1 Å². The molecule has 6 nitrogen and oxygen atoms in total. The molecule has 150 valence electrons. The van der Waals surface area contributed by atoms with Crippen molar-refractivity contribution in [2.24, 2.45) is 0 Å². The van der Waals surface area contributed by atoms with Crippen LogP contribution in [0.1, 0.15) is 11.1 Å². The van der Waals surface area contributed by atoms with Crippen molar-refractivity contribution in [3.05, 3.63) is 88.3 Å². The van der Waals surface area contributed by atoms with E-state index in [2.05, 4.69) is 15.3 Å². The summed E-state index contributed by atoms with van der Waals surface area (Å²) in [5, 5.41) is 3.38. The molecule has 0 aliphatic carbocycles. The van der Waals surface area contributed by atoms with Gasteiger partial charge in [-0.3, -0.25) is 0 Å². The number of para-hydroxylation sites is 1. The third kappa shape index (κ3) is 4.73. The van der Waals surface area contributed by atoms with Crippen molar-refractivity contribution in [1.29, 1.82) is 0 Å². The van der Waals surface area contributed by atoms with Gasteiger partial charge in [0.25, 0.3) is 0 Å². The number of fused-ring (bicyclic) bond motifs is 1. The summed E-state index contributed by atoms with van der Waals surface area (Å²) >= 11 is 0. The number of aromatic amines is 2. The maximum Gasteiger partial charge on any atom is 0.323 e. The van der Waals surface area contributed by atoms with E-state index < -0.39 is 0 Å². The summed E-state index contributed by atoms with van der Waals surface area (Å²) in [4.78, 5) is 16.9. The van der Waals surface area contributed by atoms with Crippen LogP contribution >= 0.6 is 12.4 Å². The van der Waals surface area contributed by atoms with Gasteiger partial charge in [-0.1, -0.05) is 42.5 Å². The Morgan fingerprint density at radius 3 is 2.52 bits per heavy atom. The average Bonchev–Trinajstić information content (AvgIpc) is 3.10. The topological polar surface area (TPSA) is 79.1 Å². The molecule has 4 rings (SSSR count). The van der Waals surface area contributed by atoms with Gasteiger partial charge in [0.15, 0.2) is 11.5 Å². The highest BCUT2D eigenvalue weighted by molar-refractivity contribution is 5.85. The summed E-state index contributed by atoms with van der Waals surface area (Å²) in [6, 6.07) is 21.6. The zero-order chi connectivity index (χ0) is 19.3. The van der Waals surface area contributed by atoms with Crippen molar-refractivity contribution < 1.29 is 9.47 Å². The van der Waals surface area contributed by atoms with Gasteiger partial charge in [-0.15, -0.1) is 12.4 Å². The Labute approximate surface area is 174 Å². The smallest absolute Gasteiger partial charge is 0.323 e. The molecule has 0 saturated heterocycles. The molecule has 0 saturated carbocycles. The molecular formula is C22H22ClN3O3. The fourth-order valence-corrected chi connectivity index (χ4v) is 3.09. The van der Waals surface area contributed by atoms with Crippen molar-refractivity contribution >= 4 is 29.1 Å². The Kier molecular flexibility index (Phi) is 6.46. The zero-order valence-corrected chi connectivity index (χ0v) is 16.7. The van der Waals surface area contributed by atoms with Crippen LogP contribution in [0.3, 0.4) is 0 Å². The molecule has 0 spiro atoms. The Morgan fingerprint density at radius 2 is 1.72 bits per heavy atom. The molecule has 1 aromatic heterocycles. The fraction of sp³-hybridized carbons (Fsp3) is 0.136. The molecule has 29 heavy (non-hydrogen) atoms. The predicted octanol–water partition coefficient (Wildman–Crippen LogP) is 4.48. The van der Waals surface area contributed by atoms with Crippen LogP contribution in [0.15, 0.2) is 71.5 Å². The molecule has 1 heterocycles.